The molecule has 1 aromatic heterocycles. The van der Waals surface area contributed by atoms with Gasteiger partial charge in [-0.15, -0.1) is 0 Å². The van der Waals surface area contributed by atoms with Crippen LogP contribution in [-0.4, -0.2) is 48.8 Å². The lowest BCUT2D eigenvalue weighted by Gasteiger charge is -2.27. The van der Waals surface area contributed by atoms with Gasteiger partial charge in [0, 0.05) is 30.9 Å². The number of pyridine rings is 1. The van der Waals surface area contributed by atoms with Gasteiger partial charge in [-0.05, 0) is 35.4 Å². The second-order valence-corrected chi connectivity index (χ2v) is 7.07. The van der Waals surface area contributed by atoms with Crippen LogP contribution in [-0.2, 0) is 9.59 Å². The van der Waals surface area contributed by atoms with E-state index in [4.69, 9.17) is 0 Å². The Hall–Kier alpha value is -3.06. The molecule has 1 aliphatic heterocycles. The maximum absolute atomic E-state index is 13.4. The highest BCUT2D eigenvalue weighted by Crippen LogP contribution is 2.38. The first-order chi connectivity index (χ1) is 13.4. The molecule has 1 N–H and O–H groups in total. The number of halogens is 1. The molecule has 1 fully saturated rings. The van der Waals surface area contributed by atoms with Crippen molar-refractivity contribution in [2.75, 3.05) is 27.2 Å². The lowest BCUT2D eigenvalue weighted by Crippen LogP contribution is -3.05. The van der Waals surface area contributed by atoms with Crippen molar-refractivity contribution in [2.24, 2.45) is 0 Å². The minimum atomic E-state index is -0.821. The Labute approximate surface area is 162 Å². The lowest BCUT2D eigenvalue weighted by molar-refractivity contribution is -0.858. The number of aromatic nitrogens is 1. The van der Waals surface area contributed by atoms with Gasteiger partial charge in [-0.2, -0.15) is 0 Å². The zero-order valence-electron chi connectivity index (χ0n) is 15.8. The zero-order valence-corrected chi connectivity index (χ0v) is 15.8. The Morgan fingerprint density at radius 3 is 2.39 bits per heavy atom. The summed E-state index contributed by atoms with van der Waals surface area (Å²) in [6.07, 6.45) is 3.59. The fraction of sp³-hybridized carbons (Fsp3) is 0.286. The minimum Gasteiger partial charge on any atom is -0.872 e. The molecule has 3 rings (SSSR count). The van der Waals surface area contributed by atoms with Crippen LogP contribution < -0.4 is 10.0 Å². The van der Waals surface area contributed by atoms with Gasteiger partial charge in [0.05, 0.1) is 26.7 Å². The molecular weight excluding hydrogens is 361 g/mol. The van der Waals surface area contributed by atoms with Crippen molar-refractivity contribution in [1.29, 1.82) is 0 Å². The maximum atomic E-state index is 13.4. The van der Waals surface area contributed by atoms with Gasteiger partial charge in [-0.1, -0.05) is 17.9 Å². The highest BCUT2D eigenvalue weighted by Gasteiger charge is 2.43. The molecule has 0 radical (unpaired) electrons. The molecular formula is C21H22FN3O3. The molecule has 1 atom stereocenters. The van der Waals surface area contributed by atoms with Gasteiger partial charge in [0.25, 0.3) is 5.91 Å². The number of amides is 1. The topological polar surface area (TPSA) is 77.8 Å². The predicted octanol–water partition coefficient (Wildman–Crippen LogP) is -0.0207. The number of carbonyl (C=O) groups excluding carboxylic acids is 2. The van der Waals surface area contributed by atoms with Crippen LogP contribution in [0.1, 0.15) is 23.6 Å². The van der Waals surface area contributed by atoms with E-state index in [-0.39, 0.29) is 11.1 Å². The number of ketones is 1. The second-order valence-electron chi connectivity index (χ2n) is 7.07. The number of carbonyl (C=O) groups is 2. The summed E-state index contributed by atoms with van der Waals surface area (Å²) < 4.78 is 13.4. The molecule has 0 spiro atoms. The molecule has 0 bridgehead atoms. The summed E-state index contributed by atoms with van der Waals surface area (Å²) in [7, 11) is 4.00. The summed E-state index contributed by atoms with van der Waals surface area (Å²) in [5, 5.41) is 13.0. The van der Waals surface area contributed by atoms with Crippen molar-refractivity contribution in [2.45, 2.75) is 12.5 Å². The number of hydrogen-bond donors (Lipinski definition) is 1. The van der Waals surface area contributed by atoms with Gasteiger partial charge >= 0.3 is 0 Å². The van der Waals surface area contributed by atoms with Crippen LogP contribution in [0.3, 0.4) is 0 Å². The fourth-order valence-corrected chi connectivity index (χ4v) is 3.35. The molecule has 2 aromatic rings. The van der Waals surface area contributed by atoms with Crippen molar-refractivity contribution in [3.8, 4) is 0 Å². The van der Waals surface area contributed by atoms with E-state index < -0.39 is 29.3 Å². The number of benzene rings is 1. The molecule has 1 aromatic carbocycles. The van der Waals surface area contributed by atoms with E-state index in [0.29, 0.717) is 18.5 Å². The average Bonchev–Trinajstić information content (AvgIpc) is 2.93. The number of nitrogens with zero attached hydrogens (tertiary/aromatic N) is 2. The largest absolute Gasteiger partial charge is 0.872 e. The van der Waals surface area contributed by atoms with Gasteiger partial charge < -0.3 is 14.9 Å². The molecule has 1 unspecified atom stereocenters. The Balaban J connectivity index is 2.07. The minimum absolute atomic E-state index is 0.0972. The van der Waals surface area contributed by atoms with Gasteiger partial charge in [-0.3, -0.25) is 14.6 Å². The third kappa shape index (κ3) is 3.94. The zero-order chi connectivity index (χ0) is 20.3. The molecule has 6 nitrogen and oxygen atoms in total. The Morgan fingerprint density at radius 2 is 1.79 bits per heavy atom. The molecule has 0 aliphatic carbocycles. The van der Waals surface area contributed by atoms with Crippen LogP contribution >= 0.6 is 0 Å². The number of Topliss-reactive ketones (excluding diaryl/α,β-unsaturated/α-hetero) is 1. The summed E-state index contributed by atoms with van der Waals surface area (Å²) >= 11 is 0. The first-order valence-electron chi connectivity index (χ1n) is 9.11. The summed E-state index contributed by atoms with van der Waals surface area (Å²) in [4.78, 5) is 31.9. The van der Waals surface area contributed by atoms with Gasteiger partial charge in [0.2, 0.25) is 5.78 Å². The summed E-state index contributed by atoms with van der Waals surface area (Å²) in [5.74, 6) is -2.42. The van der Waals surface area contributed by atoms with Crippen LogP contribution in [0.4, 0.5) is 4.39 Å². The smallest absolute Gasteiger partial charge is 0.295 e. The Morgan fingerprint density at radius 1 is 1.14 bits per heavy atom. The van der Waals surface area contributed by atoms with Gasteiger partial charge in [0.15, 0.2) is 0 Å². The predicted molar refractivity (Wildman–Crippen MR) is 99.3 cm³/mol. The lowest BCUT2D eigenvalue weighted by atomic mass is 9.95. The summed E-state index contributed by atoms with van der Waals surface area (Å²) in [6.45, 7) is 1.15. The standard InChI is InChI=1S/C21H22FN3O3/c1-24(2)12-3-13-25-18(14-4-6-16(22)7-5-14)17(20(27)21(25)28)19(26)15-8-10-23-11-9-15/h4-11,18,26H,3,12-13H2,1-2H3. The van der Waals surface area contributed by atoms with E-state index in [0.717, 1.165) is 6.54 Å². The molecule has 1 aliphatic rings. The highest BCUT2D eigenvalue weighted by molar-refractivity contribution is 6.46. The number of likely N-dealkylation sites (tertiary alicyclic amines) is 1. The Kier molecular flexibility index (Phi) is 5.84. The molecule has 146 valence electrons. The van der Waals surface area contributed by atoms with Crippen LogP contribution in [0.5, 0.6) is 0 Å². The first-order valence-corrected chi connectivity index (χ1v) is 9.11. The molecule has 1 amide bonds. The van der Waals surface area contributed by atoms with Crippen LogP contribution in [0.25, 0.3) is 5.76 Å². The van der Waals surface area contributed by atoms with E-state index in [9.17, 15) is 19.1 Å². The first kappa shape index (κ1) is 19.7. The fourth-order valence-electron chi connectivity index (χ4n) is 3.35. The van der Waals surface area contributed by atoms with E-state index in [1.807, 2.05) is 14.1 Å². The normalized spacial score (nSPS) is 18.9. The number of hydrogen-bond acceptors (Lipinski definition) is 4. The SMILES string of the molecule is C[NH+](C)CCCN1C(=O)C(=O)C(=C([O-])c2ccncc2)C1c1ccc(F)cc1. The number of quaternary nitrogens is 1. The van der Waals surface area contributed by atoms with Crippen molar-refractivity contribution in [3.05, 3.63) is 71.3 Å². The van der Waals surface area contributed by atoms with Crippen molar-refractivity contribution in [1.82, 2.24) is 9.88 Å². The van der Waals surface area contributed by atoms with Crippen LogP contribution in [0.15, 0.2) is 54.4 Å². The molecule has 1 saturated heterocycles. The maximum Gasteiger partial charge on any atom is 0.295 e. The summed E-state index contributed by atoms with van der Waals surface area (Å²) in [5.41, 5.74) is 0.730. The van der Waals surface area contributed by atoms with Gasteiger partial charge in [-0.25, -0.2) is 4.39 Å². The van der Waals surface area contributed by atoms with Crippen molar-refractivity contribution < 1.29 is 24.0 Å². The second kappa shape index (κ2) is 8.31. The third-order valence-electron chi connectivity index (χ3n) is 4.73. The number of nitrogens with one attached hydrogen (secondary N) is 1. The van der Waals surface area contributed by atoms with E-state index in [2.05, 4.69) is 4.98 Å². The van der Waals surface area contributed by atoms with E-state index >= 15 is 0 Å². The molecule has 0 saturated carbocycles. The van der Waals surface area contributed by atoms with Gasteiger partial charge in [0.1, 0.15) is 5.82 Å². The van der Waals surface area contributed by atoms with Crippen molar-refractivity contribution >= 4 is 17.4 Å². The monoisotopic (exact) mass is 383 g/mol. The van der Waals surface area contributed by atoms with Crippen molar-refractivity contribution in [3.63, 3.8) is 0 Å². The Bertz CT molecular complexity index is 895. The molecule has 2 heterocycles. The van der Waals surface area contributed by atoms with Crippen LogP contribution in [0.2, 0.25) is 0 Å². The molecule has 7 heteroatoms. The van der Waals surface area contributed by atoms with E-state index in [1.165, 1.54) is 58.6 Å². The quantitative estimate of drug-likeness (QED) is 0.432. The van der Waals surface area contributed by atoms with E-state index in [1.54, 1.807) is 0 Å². The third-order valence-corrected chi connectivity index (χ3v) is 4.73. The van der Waals surface area contributed by atoms with Crippen LogP contribution in [0, 0.1) is 5.82 Å². The summed E-state index contributed by atoms with van der Waals surface area (Å²) in [6, 6.07) is 7.74. The average molecular weight is 383 g/mol. The number of rotatable bonds is 6. The molecule has 28 heavy (non-hydrogen) atoms. The highest BCUT2D eigenvalue weighted by atomic mass is 19.1.